The normalized spacial score (nSPS) is 18.5. The highest BCUT2D eigenvalue weighted by Gasteiger charge is 2.15. The summed E-state index contributed by atoms with van der Waals surface area (Å²) in [6.07, 6.45) is 7.70. The average Bonchev–Trinajstić information content (AvgIpc) is 2.60. The highest BCUT2D eigenvalue weighted by molar-refractivity contribution is 6.30. The highest BCUT2D eigenvalue weighted by Crippen LogP contribution is 2.24. The maximum Gasteiger partial charge on any atom is 0.118 e. The molecule has 0 amide bonds. The van der Waals surface area contributed by atoms with Gasteiger partial charge >= 0.3 is 0 Å². The van der Waals surface area contributed by atoms with Crippen molar-refractivity contribution in [2.24, 2.45) is 5.16 Å². The van der Waals surface area contributed by atoms with Gasteiger partial charge in [0, 0.05) is 23.7 Å². The van der Waals surface area contributed by atoms with E-state index in [1.807, 2.05) is 12.1 Å². The number of nitrogens with zero attached hydrogens (tertiary/aromatic N) is 2. The fourth-order valence-electron chi connectivity index (χ4n) is 3.48. The van der Waals surface area contributed by atoms with Gasteiger partial charge in [-0.2, -0.15) is 0 Å². The Morgan fingerprint density at radius 1 is 1.08 bits per heavy atom. The minimum atomic E-state index is 0.563. The van der Waals surface area contributed by atoms with E-state index in [0.717, 1.165) is 36.5 Å². The first-order valence-electron chi connectivity index (χ1n) is 9.88. The molecule has 0 aliphatic heterocycles. The van der Waals surface area contributed by atoms with Crippen molar-refractivity contribution in [1.29, 1.82) is 0 Å². The molecule has 26 heavy (non-hydrogen) atoms. The van der Waals surface area contributed by atoms with Crippen LogP contribution >= 0.6 is 11.6 Å². The fraction of sp³-hybridized carbons (Fsp3) is 0.591. The van der Waals surface area contributed by atoms with E-state index in [1.165, 1.54) is 24.0 Å². The van der Waals surface area contributed by atoms with Gasteiger partial charge in [0.25, 0.3) is 0 Å². The van der Waals surface area contributed by atoms with Gasteiger partial charge in [0.15, 0.2) is 0 Å². The van der Waals surface area contributed by atoms with Crippen LogP contribution in [-0.4, -0.2) is 35.8 Å². The Morgan fingerprint density at radius 2 is 1.73 bits per heavy atom. The maximum absolute atomic E-state index is 5.97. The molecule has 2 rings (SSSR count). The Bertz CT molecular complexity index is 597. The lowest BCUT2D eigenvalue weighted by atomic mass is 9.91. The Kier molecular flexibility index (Phi) is 8.67. The minimum Gasteiger partial charge on any atom is -0.396 e. The van der Waals surface area contributed by atoms with Crippen LogP contribution < -0.4 is 0 Å². The Hall–Kier alpha value is -1.32. The molecule has 1 fully saturated rings. The first kappa shape index (κ1) is 21.0. The molecule has 4 heteroatoms. The zero-order valence-corrected chi connectivity index (χ0v) is 17.4. The molecule has 3 nitrogen and oxygen atoms in total. The van der Waals surface area contributed by atoms with Gasteiger partial charge in [0.1, 0.15) is 6.61 Å². The first-order chi connectivity index (χ1) is 12.5. The van der Waals surface area contributed by atoms with Crippen molar-refractivity contribution in [2.45, 2.75) is 71.9 Å². The molecule has 1 aliphatic rings. The summed E-state index contributed by atoms with van der Waals surface area (Å²) in [5.74, 6) is 0. The van der Waals surface area contributed by atoms with Gasteiger partial charge < -0.3 is 4.84 Å². The second-order valence-electron chi connectivity index (χ2n) is 7.58. The van der Waals surface area contributed by atoms with Gasteiger partial charge in [0.2, 0.25) is 0 Å². The van der Waals surface area contributed by atoms with Crippen LogP contribution in [0.3, 0.4) is 0 Å². The molecule has 0 heterocycles. The molecule has 1 aromatic rings. The van der Waals surface area contributed by atoms with Crippen LogP contribution in [0.15, 0.2) is 35.0 Å². The number of hydrogen-bond donors (Lipinski definition) is 0. The summed E-state index contributed by atoms with van der Waals surface area (Å²) >= 11 is 5.97. The molecule has 144 valence electrons. The van der Waals surface area contributed by atoms with Gasteiger partial charge in [-0.25, -0.2) is 0 Å². The predicted molar refractivity (Wildman–Crippen MR) is 113 cm³/mol. The highest BCUT2D eigenvalue weighted by atomic mass is 35.5. The van der Waals surface area contributed by atoms with Crippen molar-refractivity contribution in [3.63, 3.8) is 0 Å². The molecule has 0 radical (unpaired) electrons. The third-order valence-corrected chi connectivity index (χ3v) is 5.10. The maximum atomic E-state index is 5.97. The van der Waals surface area contributed by atoms with Gasteiger partial charge in [0.05, 0.1) is 5.71 Å². The number of rotatable bonds is 8. The quantitative estimate of drug-likeness (QED) is 0.399. The lowest BCUT2D eigenvalue weighted by Gasteiger charge is -2.30. The Labute approximate surface area is 164 Å². The molecule has 1 aromatic carbocycles. The van der Waals surface area contributed by atoms with E-state index in [-0.39, 0.29) is 0 Å². The summed E-state index contributed by atoms with van der Waals surface area (Å²) in [5, 5.41) is 5.24. The molecule has 0 spiro atoms. The summed E-state index contributed by atoms with van der Waals surface area (Å²) in [4.78, 5) is 8.16. The van der Waals surface area contributed by atoms with Crippen LogP contribution in [0.5, 0.6) is 0 Å². The van der Waals surface area contributed by atoms with Gasteiger partial charge in [-0.1, -0.05) is 28.9 Å². The summed E-state index contributed by atoms with van der Waals surface area (Å²) in [6, 6.07) is 9.09. The molecule has 0 unspecified atom stereocenters. The number of halogens is 1. The molecule has 0 saturated heterocycles. The standard InChI is InChI=1S/C22H33ClN2O/c1-17(2)25(18(3)4)14-7-15-26-24-22-9-6-5-8-20(22)16-19-10-12-21(23)13-11-19/h10-13,16-18H,5-9,14-15H2,1-4H3. The van der Waals surface area contributed by atoms with Crippen LogP contribution in [0.25, 0.3) is 6.08 Å². The molecule has 0 bridgehead atoms. The van der Waals surface area contributed by atoms with E-state index >= 15 is 0 Å². The summed E-state index contributed by atoms with van der Waals surface area (Å²) in [5.41, 5.74) is 3.57. The summed E-state index contributed by atoms with van der Waals surface area (Å²) in [7, 11) is 0. The first-order valence-corrected chi connectivity index (χ1v) is 10.3. The lowest BCUT2D eigenvalue weighted by Crippen LogP contribution is -2.38. The number of hydrogen-bond acceptors (Lipinski definition) is 3. The van der Waals surface area contributed by atoms with E-state index in [2.05, 4.69) is 56.0 Å². The minimum absolute atomic E-state index is 0.563. The van der Waals surface area contributed by atoms with Crippen molar-refractivity contribution in [2.75, 3.05) is 13.2 Å². The number of allylic oxidation sites excluding steroid dienone is 1. The van der Waals surface area contributed by atoms with E-state index in [1.54, 1.807) is 0 Å². The van der Waals surface area contributed by atoms with E-state index in [4.69, 9.17) is 16.4 Å². The lowest BCUT2D eigenvalue weighted by molar-refractivity contribution is 0.111. The second kappa shape index (κ2) is 10.7. The zero-order valence-electron chi connectivity index (χ0n) is 16.7. The van der Waals surface area contributed by atoms with Crippen LogP contribution in [0, 0.1) is 0 Å². The van der Waals surface area contributed by atoms with E-state index in [9.17, 15) is 0 Å². The molecule has 0 aromatic heterocycles. The van der Waals surface area contributed by atoms with Gasteiger partial charge in [-0.05, 0) is 89.1 Å². The van der Waals surface area contributed by atoms with Crippen molar-refractivity contribution in [3.05, 3.63) is 40.4 Å². The average molecular weight is 377 g/mol. The van der Waals surface area contributed by atoms with Crippen molar-refractivity contribution >= 4 is 23.4 Å². The predicted octanol–water partition coefficient (Wildman–Crippen LogP) is 6.18. The van der Waals surface area contributed by atoms with Gasteiger partial charge in [-0.3, -0.25) is 4.90 Å². The molecule has 1 aliphatic carbocycles. The van der Waals surface area contributed by atoms with Crippen LogP contribution in [-0.2, 0) is 4.84 Å². The molecule has 0 atom stereocenters. The fourth-order valence-corrected chi connectivity index (χ4v) is 3.61. The summed E-state index contributed by atoms with van der Waals surface area (Å²) < 4.78 is 0. The SMILES string of the molecule is CC(C)N(CCCON=C1CCCCC1=Cc1ccc(Cl)cc1)C(C)C. The number of benzene rings is 1. The molecule has 1 saturated carbocycles. The molecular weight excluding hydrogens is 344 g/mol. The topological polar surface area (TPSA) is 24.8 Å². The zero-order chi connectivity index (χ0) is 18.9. The van der Waals surface area contributed by atoms with Crippen molar-refractivity contribution < 1.29 is 4.84 Å². The van der Waals surface area contributed by atoms with Crippen LogP contribution in [0.2, 0.25) is 5.02 Å². The van der Waals surface area contributed by atoms with Crippen LogP contribution in [0.1, 0.15) is 65.4 Å². The van der Waals surface area contributed by atoms with Crippen LogP contribution in [0.4, 0.5) is 0 Å². The van der Waals surface area contributed by atoms with E-state index in [0.29, 0.717) is 18.7 Å². The molecular formula is C22H33ClN2O. The monoisotopic (exact) mass is 376 g/mol. The molecule has 0 N–H and O–H groups in total. The Morgan fingerprint density at radius 3 is 2.38 bits per heavy atom. The van der Waals surface area contributed by atoms with Gasteiger partial charge in [-0.15, -0.1) is 0 Å². The van der Waals surface area contributed by atoms with Crippen molar-refractivity contribution in [1.82, 2.24) is 4.90 Å². The smallest absolute Gasteiger partial charge is 0.118 e. The number of oxime groups is 1. The van der Waals surface area contributed by atoms with E-state index < -0.39 is 0 Å². The third kappa shape index (κ3) is 6.77. The largest absolute Gasteiger partial charge is 0.396 e. The second-order valence-corrected chi connectivity index (χ2v) is 8.01. The van der Waals surface area contributed by atoms with Crippen molar-refractivity contribution in [3.8, 4) is 0 Å². The summed E-state index contributed by atoms with van der Waals surface area (Å²) in [6.45, 7) is 10.7. The third-order valence-electron chi connectivity index (χ3n) is 4.84. The Balaban J connectivity index is 1.89.